The van der Waals surface area contributed by atoms with Crippen molar-refractivity contribution in [3.63, 3.8) is 0 Å². The minimum absolute atomic E-state index is 0.826. The third kappa shape index (κ3) is 7.30. The lowest BCUT2D eigenvalue weighted by molar-refractivity contribution is 0.301. The molecule has 0 aliphatic rings. The van der Waals surface area contributed by atoms with Gasteiger partial charge in [-0.15, -0.1) is 0 Å². The molecule has 0 unspecified atom stereocenters. The Morgan fingerprint density at radius 2 is 1.75 bits per heavy atom. The summed E-state index contributed by atoms with van der Waals surface area (Å²) in [6, 6.07) is 6.22. The lowest BCUT2D eigenvalue weighted by Gasteiger charge is -2.12. The van der Waals surface area contributed by atoms with Crippen LogP contribution in [0.4, 0.5) is 0 Å². The topological polar surface area (TPSA) is 21.3 Å². The van der Waals surface area contributed by atoms with Crippen molar-refractivity contribution < 1.29 is 4.74 Å². The van der Waals surface area contributed by atoms with Crippen LogP contribution in [0, 0.1) is 0 Å². The maximum absolute atomic E-state index is 5.91. The molecule has 0 heterocycles. The molecule has 3 heteroatoms. The van der Waals surface area contributed by atoms with Crippen LogP contribution in [0.1, 0.15) is 57.4 Å². The fourth-order valence-electron chi connectivity index (χ4n) is 2.26. The maximum atomic E-state index is 5.91. The quantitative estimate of drug-likeness (QED) is 0.551. The summed E-state index contributed by atoms with van der Waals surface area (Å²) in [5.74, 6) is 1.01. The van der Waals surface area contributed by atoms with Gasteiger partial charge in [0.05, 0.1) is 6.61 Å². The Kier molecular flexibility index (Phi) is 9.77. The third-order valence-corrected chi connectivity index (χ3v) is 3.89. The van der Waals surface area contributed by atoms with Crippen molar-refractivity contribution in [2.24, 2.45) is 0 Å². The third-order valence-electron chi connectivity index (χ3n) is 3.40. The van der Waals surface area contributed by atoms with E-state index >= 15 is 0 Å². The number of rotatable bonds is 11. The number of unbranched alkanes of at least 4 members (excludes halogenated alkanes) is 6. The standard InChI is InChI=1S/C17H28BrNO/c1-3-4-5-6-7-8-9-12-20-17-11-10-16(18)13-15(17)14-19-2/h10-11,13,19H,3-9,12,14H2,1-2H3. The lowest BCUT2D eigenvalue weighted by Crippen LogP contribution is -2.08. The van der Waals surface area contributed by atoms with E-state index in [-0.39, 0.29) is 0 Å². The summed E-state index contributed by atoms with van der Waals surface area (Å²) < 4.78 is 7.01. The fourth-order valence-corrected chi connectivity index (χ4v) is 2.67. The first kappa shape index (κ1) is 17.5. The van der Waals surface area contributed by atoms with Crippen molar-refractivity contribution in [1.82, 2.24) is 5.32 Å². The van der Waals surface area contributed by atoms with E-state index in [9.17, 15) is 0 Å². The molecule has 0 saturated heterocycles. The summed E-state index contributed by atoms with van der Waals surface area (Å²) in [6.45, 7) is 3.92. The molecule has 1 aromatic carbocycles. The lowest BCUT2D eigenvalue weighted by atomic mass is 10.1. The Hall–Kier alpha value is -0.540. The van der Waals surface area contributed by atoms with Gasteiger partial charge < -0.3 is 10.1 Å². The van der Waals surface area contributed by atoms with Crippen molar-refractivity contribution in [3.05, 3.63) is 28.2 Å². The molecule has 1 rings (SSSR count). The van der Waals surface area contributed by atoms with Crippen molar-refractivity contribution in [2.75, 3.05) is 13.7 Å². The predicted molar refractivity (Wildman–Crippen MR) is 90.4 cm³/mol. The van der Waals surface area contributed by atoms with Gasteiger partial charge in [-0.3, -0.25) is 0 Å². The van der Waals surface area contributed by atoms with E-state index in [1.54, 1.807) is 0 Å². The van der Waals surface area contributed by atoms with Gasteiger partial charge in [-0.25, -0.2) is 0 Å². The maximum Gasteiger partial charge on any atom is 0.123 e. The summed E-state index contributed by atoms with van der Waals surface area (Å²) >= 11 is 3.51. The van der Waals surface area contributed by atoms with Gasteiger partial charge in [-0.2, -0.15) is 0 Å². The number of hydrogen-bond donors (Lipinski definition) is 1. The van der Waals surface area contributed by atoms with Crippen LogP contribution in [0.5, 0.6) is 5.75 Å². The number of ether oxygens (including phenoxy) is 1. The molecule has 0 amide bonds. The minimum Gasteiger partial charge on any atom is -0.493 e. The van der Waals surface area contributed by atoms with Crippen LogP contribution in [0.3, 0.4) is 0 Å². The fraction of sp³-hybridized carbons (Fsp3) is 0.647. The Morgan fingerprint density at radius 1 is 1.05 bits per heavy atom. The first-order chi connectivity index (χ1) is 9.77. The first-order valence-corrected chi connectivity index (χ1v) is 8.63. The second-order valence-electron chi connectivity index (χ2n) is 5.25. The van der Waals surface area contributed by atoms with Crippen LogP contribution in [-0.4, -0.2) is 13.7 Å². The van der Waals surface area contributed by atoms with Crippen LogP contribution in [0.25, 0.3) is 0 Å². The van der Waals surface area contributed by atoms with Crippen LogP contribution in [0.2, 0.25) is 0 Å². The average Bonchev–Trinajstić information content (AvgIpc) is 2.44. The SMILES string of the molecule is CCCCCCCCCOc1ccc(Br)cc1CNC. The Labute approximate surface area is 132 Å². The molecule has 0 aromatic heterocycles. The predicted octanol–water partition coefficient (Wildman–Crippen LogP) is 5.30. The second-order valence-corrected chi connectivity index (χ2v) is 6.17. The van der Waals surface area contributed by atoms with Crippen molar-refractivity contribution in [2.45, 2.75) is 58.4 Å². The first-order valence-electron chi connectivity index (χ1n) is 7.83. The highest BCUT2D eigenvalue weighted by Gasteiger charge is 2.03. The molecule has 0 aliphatic heterocycles. The molecule has 1 N–H and O–H groups in total. The summed E-state index contributed by atoms with van der Waals surface area (Å²) in [5, 5.41) is 3.18. The Balaban J connectivity index is 2.21. The van der Waals surface area contributed by atoms with Gasteiger partial charge in [0.2, 0.25) is 0 Å². The van der Waals surface area contributed by atoms with Crippen molar-refractivity contribution in [3.8, 4) is 5.75 Å². The Bertz CT molecular complexity index is 368. The van der Waals surface area contributed by atoms with Crippen LogP contribution < -0.4 is 10.1 Å². The zero-order valence-corrected chi connectivity index (χ0v) is 14.5. The molecule has 0 radical (unpaired) electrons. The monoisotopic (exact) mass is 341 g/mol. The highest BCUT2D eigenvalue weighted by Crippen LogP contribution is 2.23. The van der Waals surface area contributed by atoms with Gasteiger partial charge >= 0.3 is 0 Å². The van der Waals surface area contributed by atoms with E-state index in [0.29, 0.717) is 0 Å². The molecule has 0 fully saturated rings. The normalized spacial score (nSPS) is 10.8. The molecular formula is C17H28BrNO. The molecule has 0 bridgehead atoms. The number of nitrogens with one attached hydrogen (secondary N) is 1. The molecular weight excluding hydrogens is 314 g/mol. The van der Waals surface area contributed by atoms with E-state index in [4.69, 9.17) is 4.74 Å². The van der Waals surface area contributed by atoms with E-state index in [0.717, 1.165) is 29.8 Å². The molecule has 0 aliphatic carbocycles. The second kappa shape index (κ2) is 11.2. The van der Waals surface area contributed by atoms with Gasteiger partial charge in [0.25, 0.3) is 0 Å². The largest absolute Gasteiger partial charge is 0.493 e. The van der Waals surface area contributed by atoms with Crippen LogP contribution in [-0.2, 0) is 6.54 Å². The zero-order valence-electron chi connectivity index (χ0n) is 12.9. The summed E-state index contributed by atoms with van der Waals surface area (Å²) in [6.07, 6.45) is 9.23. The summed E-state index contributed by atoms with van der Waals surface area (Å²) in [7, 11) is 1.96. The van der Waals surface area contributed by atoms with Gasteiger partial charge in [0, 0.05) is 16.6 Å². The molecule has 114 valence electrons. The highest BCUT2D eigenvalue weighted by atomic mass is 79.9. The molecule has 1 aromatic rings. The van der Waals surface area contributed by atoms with Crippen molar-refractivity contribution in [1.29, 1.82) is 0 Å². The molecule has 20 heavy (non-hydrogen) atoms. The van der Waals surface area contributed by atoms with Crippen molar-refractivity contribution >= 4 is 15.9 Å². The smallest absolute Gasteiger partial charge is 0.123 e. The summed E-state index contributed by atoms with van der Waals surface area (Å²) in [4.78, 5) is 0. The average molecular weight is 342 g/mol. The number of benzene rings is 1. The van der Waals surface area contributed by atoms with E-state index in [1.165, 1.54) is 44.1 Å². The van der Waals surface area contributed by atoms with Gasteiger partial charge in [0.1, 0.15) is 5.75 Å². The molecule has 0 atom stereocenters. The number of hydrogen-bond acceptors (Lipinski definition) is 2. The van der Waals surface area contributed by atoms with Gasteiger partial charge in [-0.1, -0.05) is 61.4 Å². The van der Waals surface area contributed by atoms with Gasteiger partial charge in [-0.05, 0) is 31.7 Å². The Morgan fingerprint density at radius 3 is 2.45 bits per heavy atom. The van der Waals surface area contributed by atoms with E-state index < -0.39 is 0 Å². The highest BCUT2D eigenvalue weighted by molar-refractivity contribution is 9.10. The van der Waals surface area contributed by atoms with E-state index in [1.807, 2.05) is 13.1 Å². The van der Waals surface area contributed by atoms with Gasteiger partial charge in [0.15, 0.2) is 0 Å². The minimum atomic E-state index is 0.826. The molecule has 2 nitrogen and oxygen atoms in total. The number of halogens is 1. The van der Waals surface area contributed by atoms with E-state index in [2.05, 4.69) is 40.3 Å². The molecule has 0 spiro atoms. The zero-order chi connectivity index (χ0) is 14.6. The van der Waals surface area contributed by atoms with Crippen LogP contribution >= 0.6 is 15.9 Å². The molecule has 0 saturated carbocycles. The van der Waals surface area contributed by atoms with Crippen LogP contribution in [0.15, 0.2) is 22.7 Å². The summed E-state index contributed by atoms with van der Waals surface area (Å²) in [5.41, 5.74) is 1.21.